The minimum absolute atomic E-state index is 0.0909. The number of hydrogen-bond donors (Lipinski definition) is 1. The molecule has 0 bridgehead atoms. The van der Waals surface area contributed by atoms with Crippen LogP contribution in [0.15, 0.2) is 47.4 Å². The quantitative estimate of drug-likeness (QED) is 0.441. The summed E-state index contributed by atoms with van der Waals surface area (Å²) in [4.78, 5) is 26.9. The minimum atomic E-state index is -1.28. The van der Waals surface area contributed by atoms with Gasteiger partial charge in [-0.15, -0.1) is 0 Å². The number of fused-ring (bicyclic) bond motifs is 1. The minimum Gasteiger partial charge on any atom is -0.423 e. The molecule has 7 heteroatoms. The van der Waals surface area contributed by atoms with Crippen LogP contribution in [0.3, 0.4) is 0 Å². The van der Waals surface area contributed by atoms with Gasteiger partial charge in [-0.1, -0.05) is 29.8 Å². The van der Waals surface area contributed by atoms with E-state index in [9.17, 15) is 18.4 Å². The summed E-state index contributed by atoms with van der Waals surface area (Å²) >= 11 is 5.66. The summed E-state index contributed by atoms with van der Waals surface area (Å²) < 4.78 is 31.9. The molecule has 0 fully saturated rings. The summed E-state index contributed by atoms with van der Waals surface area (Å²) in [6.45, 7) is 0. The summed E-state index contributed by atoms with van der Waals surface area (Å²) in [6.07, 6.45) is 1.05. The molecular formula is C16H8ClF2NO3. The Morgan fingerprint density at radius 3 is 2.57 bits per heavy atom. The van der Waals surface area contributed by atoms with E-state index >= 15 is 0 Å². The number of carbonyl (C=O) groups excluding carboxylic acids is 1. The number of rotatable bonds is 2. The van der Waals surface area contributed by atoms with Gasteiger partial charge < -0.3 is 9.72 Å². The van der Waals surface area contributed by atoms with Gasteiger partial charge >= 0.3 is 5.97 Å². The molecule has 0 aliphatic carbocycles. The molecule has 0 saturated carbocycles. The molecule has 0 radical (unpaired) electrons. The normalized spacial score (nSPS) is 10.7. The summed E-state index contributed by atoms with van der Waals surface area (Å²) in [7, 11) is 0. The maximum Gasteiger partial charge on any atom is 0.349 e. The number of para-hydroxylation sites is 1. The van der Waals surface area contributed by atoms with Crippen molar-refractivity contribution >= 4 is 28.5 Å². The molecule has 0 saturated heterocycles. The van der Waals surface area contributed by atoms with Gasteiger partial charge in [0.1, 0.15) is 16.3 Å². The largest absolute Gasteiger partial charge is 0.423 e. The van der Waals surface area contributed by atoms with Crippen molar-refractivity contribution in [3.63, 3.8) is 0 Å². The molecule has 23 heavy (non-hydrogen) atoms. The Morgan fingerprint density at radius 1 is 1.17 bits per heavy atom. The zero-order valence-electron chi connectivity index (χ0n) is 11.4. The number of carbonyl (C=O) groups is 1. The van der Waals surface area contributed by atoms with Gasteiger partial charge in [-0.05, 0) is 18.2 Å². The third kappa shape index (κ3) is 2.68. The highest BCUT2D eigenvalue weighted by atomic mass is 35.5. The molecule has 0 spiro atoms. The molecule has 0 unspecified atom stereocenters. The van der Waals surface area contributed by atoms with Crippen molar-refractivity contribution in [1.29, 1.82) is 0 Å². The Labute approximate surface area is 133 Å². The van der Waals surface area contributed by atoms with Crippen molar-refractivity contribution in [3.05, 3.63) is 75.0 Å². The van der Waals surface area contributed by atoms with Crippen molar-refractivity contribution in [3.8, 4) is 5.75 Å². The Morgan fingerprint density at radius 2 is 1.87 bits per heavy atom. The summed E-state index contributed by atoms with van der Waals surface area (Å²) in [5.41, 5.74) is -1.24. The molecule has 0 aliphatic rings. The zero-order valence-corrected chi connectivity index (χ0v) is 12.2. The van der Waals surface area contributed by atoms with Gasteiger partial charge in [0.25, 0.3) is 0 Å². The summed E-state index contributed by atoms with van der Waals surface area (Å²) in [6, 6.07) is 8.82. The van der Waals surface area contributed by atoms with Crippen LogP contribution in [-0.2, 0) is 0 Å². The van der Waals surface area contributed by atoms with Crippen LogP contribution in [0, 0.1) is 11.6 Å². The number of aromatic amines is 1. The van der Waals surface area contributed by atoms with Crippen molar-refractivity contribution in [2.24, 2.45) is 0 Å². The van der Waals surface area contributed by atoms with Crippen LogP contribution in [0.4, 0.5) is 8.78 Å². The van der Waals surface area contributed by atoms with E-state index in [4.69, 9.17) is 16.3 Å². The molecule has 1 heterocycles. The second-order valence-corrected chi connectivity index (χ2v) is 5.02. The average molecular weight is 336 g/mol. The molecule has 3 aromatic rings. The van der Waals surface area contributed by atoms with Crippen LogP contribution in [0.1, 0.15) is 10.4 Å². The average Bonchev–Trinajstić information content (AvgIpc) is 2.54. The molecule has 1 aromatic heterocycles. The van der Waals surface area contributed by atoms with Gasteiger partial charge in [-0.2, -0.15) is 0 Å². The number of nitrogens with one attached hydrogen (secondary N) is 1. The topological polar surface area (TPSA) is 59.2 Å². The van der Waals surface area contributed by atoms with Gasteiger partial charge in [-0.3, -0.25) is 4.79 Å². The second kappa shape index (κ2) is 5.81. The maximum atomic E-state index is 13.4. The van der Waals surface area contributed by atoms with Crippen LogP contribution >= 0.6 is 11.6 Å². The zero-order chi connectivity index (χ0) is 16.6. The number of pyridine rings is 1. The lowest BCUT2D eigenvalue weighted by atomic mass is 10.1. The molecule has 116 valence electrons. The molecule has 3 rings (SSSR count). The van der Waals surface area contributed by atoms with Gasteiger partial charge in [-0.25, -0.2) is 13.6 Å². The predicted molar refractivity (Wildman–Crippen MR) is 80.9 cm³/mol. The first-order valence-electron chi connectivity index (χ1n) is 6.45. The third-order valence-corrected chi connectivity index (χ3v) is 3.54. The Balaban J connectivity index is 2.09. The number of hydrogen-bond acceptors (Lipinski definition) is 3. The SMILES string of the molecule is O=C(Oc1ccccc1)c1c[nH]c2c(Cl)c(F)c(F)cc2c1=O. The van der Waals surface area contributed by atoms with E-state index in [0.717, 1.165) is 6.20 Å². The Bertz CT molecular complexity index is 970. The fourth-order valence-electron chi connectivity index (χ4n) is 2.07. The first-order valence-corrected chi connectivity index (χ1v) is 6.83. The van der Waals surface area contributed by atoms with Gasteiger partial charge in [0.05, 0.1) is 10.9 Å². The summed E-state index contributed by atoms with van der Waals surface area (Å²) in [5.74, 6) is -3.21. The number of halogens is 3. The fraction of sp³-hybridized carbons (Fsp3) is 0. The van der Waals surface area contributed by atoms with Gasteiger partial charge in [0, 0.05) is 6.20 Å². The van der Waals surface area contributed by atoms with Crippen molar-refractivity contribution in [2.75, 3.05) is 0 Å². The lowest BCUT2D eigenvalue weighted by Crippen LogP contribution is -2.20. The van der Waals surface area contributed by atoms with E-state index in [0.29, 0.717) is 6.07 Å². The highest BCUT2D eigenvalue weighted by molar-refractivity contribution is 6.35. The number of H-pyrrole nitrogens is 1. The van der Waals surface area contributed by atoms with Crippen molar-refractivity contribution < 1.29 is 18.3 Å². The standard InChI is InChI=1S/C16H8ClF2NO3/c17-12-13(19)11(18)6-9-14(12)20-7-10(15(9)21)16(22)23-8-4-2-1-3-5-8/h1-7H,(H,20,21). The first kappa shape index (κ1) is 15.2. The van der Waals surface area contributed by atoms with E-state index in [1.165, 1.54) is 0 Å². The molecule has 2 aromatic carbocycles. The first-order chi connectivity index (χ1) is 11.0. The van der Waals surface area contributed by atoms with Crippen LogP contribution in [-0.4, -0.2) is 11.0 Å². The Kier molecular flexibility index (Phi) is 3.83. The van der Waals surface area contributed by atoms with Gasteiger partial charge in [0.15, 0.2) is 11.6 Å². The van der Waals surface area contributed by atoms with E-state index < -0.39 is 28.1 Å². The van der Waals surface area contributed by atoms with Crippen LogP contribution in [0.5, 0.6) is 5.75 Å². The van der Waals surface area contributed by atoms with E-state index in [-0.39, 0.29) is 22.2 Å². The molecule has 1 N–H and O–H groups in total. The van der Waals surface area contributed by atoms with Crippen molar-refractivity contribution in [2.45, 2.75) is 0 Å². The lowest BCUT2D eigenvalue weighted by molar-refractivity contribution is 0.0733. The number of esters is 1. The number of benzene rings is 2. The predicted octanol–water partition coefficient (Wildman–Crippen LogP) is 3.68. The number of ether oxygens (including phenoxy) is 1. The van der Waals surface area contributed by atoms with Crippen molar-refractivity contribution in [1.82, 2.24) is 4.98 Å². The Hall–Kier alpha value is -2.73. The highest BCUT2D eigenvalue weighted by Gasteiger charge is 2.19. The summed E-state index contributed by atoms with van der Waals surface area (Å²) in [5, 5.41) is -0.795. The molecular weight excluding hydrogens is 328 g/mol. The number of aromatic nitrogens is 1. The smallest absolute Gasteiger partial charge is 0.349 e. The van der Waals surface area contributed by atoms with Crippen LogP contribution < -0.4 is 10.2 Å². The van der Waals surface area contributed by atoms with E-state index in [2.05, 4.69) is 4.98 Å². The van der Waals surface area contributed by atoms with Gasteiger partial charge in [0.2, 0.25) is 5.43 Å². The van der Waals surface area contributed by atoms with E-state index in [1.54, 1.807) is 30.3 Å². The van der Waals surface area contributed by atoms with Crippen LogP contribution in [0.2, 0.25) is 5.02 Å². The maximum absolute atomic E-state index is 13.4. The molecule has 4 nitrogen and oxygen atoms in total. The monoisotopic (exact) mass is 335 g/mol. The van der Waals surface area contributed by atoms with E-state index in [1.807, 2.05) is 0 Å². The third-order valence-electron chi connectivity index (χ3n) is 3.19. The molecule has 0 atom stereocenters. The molecule has 0 aliphatic heterocycles. The fourth-order valence-corrected chi connectivity index (χ4v) is 2.32. The second-order valence-electron chi connectivity index (χ2n) is 4.64. The lowest BCUT2D eigenvalue weighted by Gasteiger charge is -2.06. The van der Waals surface area contributed by atoms with Crippen LogP contribution in [0.25, 0.3) is 10.9 Å². The highest BCUT2D eigenvalue weighted by Crippen LogP contribution is 2.25. The molecule has 0 amide bonds.